The van der Waals surface area contributed by atoms with E-state index in [-0.39, 0.29) is 18.1 Å². The van der Waals surface area contributed by atoms with E-state index >= 15 is 0 Å². The third-order valence-electron chi connectivity index (χ3n) is 4.93. The van der Waals surface area contributed by atoms with Gasteiger partial charge in [-0.25, -0.2) is 4.79 Å². The number of nitrogens with zero attached hydrogens (tertiary/aromatic N) is 4. The molecule has 1 aliphatic heterocycles. The Labute approximate surface area is 149 Å². The highest BCUT2D eigenvalue weighted by Gasteiger charge is 2.28. The van der Waals surface area contributed by atoms with Gasteiger partial charge in [0.2, 0.25) is 0 Å². The summed E-state index contributed by atoms with van der Waals surface area (Å²) in [7, 11) is 3.98. The first-order chi connectivity index (χ1) is 11.9. The number of carbonyl (C=O) groups is 1. The van der Waals surface area contributed by atoms with Crippen LogP contribution in [0.4, 0.5) is 10.5 Å². The summed E-state index contributed by atoms with van der Waals surface area (Å²) >= 11 is 0. The fraction of sp³-hybridized carbons (Fsp3) is 0.474. The van der Waals surface area contributed by atoms with Gasteiger partial charge in [0, 0.05) is 50.7 Å². The number of benzene rings is 1. The topological polar surface area (TPSA) is 53.4 Å². The van der Waals surface area contributed by atoms with Crippen LogP contribution < -0.4 is 10.2 Å². The summed E-state index contributed by atoms with van der Waals surface area (Å²) in [6.07, 6.45) is 1.97. The zero-order valence-corrected chi connectivity index (χ0v) is 15.7. The molecule has 1 aromatic heterocycles. The first-order valence-corrected chi connectivity index (χ1v) is 8.73. The third-order valence-corrected chi connectivity index (χ3v) is 4.93. The molecule has 6 nitrogen and oxygen atoms in total. The van der Waals surface area contributed by atoms with Gasteiger partial charge in [-0.1, -0.05) is 18.2 Å². The first kappa shape index (κ1) is 17.3. The number of hydrogen-bond acceptors (Lipinski definition) is 3. The molecule has 0 aliphatic carbocycles. The molecule has 0 fully saturated rings. The Balaban J connectivity index is 1.78. The van der Waals surface area contributed by atoms with E-state index in [0.29, 0.717) is 6.54 Å². The lowest BCUT2D eigenvalue weighted by Crippen LogP contribution is -2.47. The minimum absolute atomic E-state index is 0.0339. The summed E-state index contributed by atoms with van der Waals surface area (Å²) in [5.41, 5.74) is 4.37. The van der Waals surface area contributed by atoms with Crippen LogP contribution in [0.3, 0.4) is 0 Å². The van der Waals surface area contributed by atoms with Crippen molar-refractivity contribution in [3.63, 3.8) is 0 Å². The smallest absolute Gasteiger partial charge is 0.318 e. The summed E-state index contributed by atoms with van der Waals surface area (Å²) in [5, 5.41) is 7.51. The van der Waals surface area contributed by atoms with Crippen LogP contribution in [0.25, 0.3) is 0 Å². The quantitative estimate of drug-likeness (QED) is 0.914. The minimum Gasteiger partial charge on any atom is -0.372 e. The lowest BCUT2D eigenvalue weighted by Gasteiger charge is -2.30. The number of para-hydroxylation sites is 1. The van der Waals surface area contributed by atoms with Crippen LogP contribution in [0.2, 0.25) is 0 Å². The van der Waals surface area contributed by atoms with Crippen LogP contribution in [0.15, 0.2) is 30.5 Å². The number of carbonyl (C=O) groups excluding carboxylic acids is 1. The van der Waals surface area contributed by atoms with E-state index in [2.05, 4.69) is 41.4 Å². The number of hydrogen-bond donors (Lipinski definition) is 1. The van der Waals surface area contributed by atoms with E-state index in [4.69, 9.17) is 0 Å². The van der Waals surface area contributed by atoms with Gasteiger partial charge >= 0.3 is 6.03 Å². The van der Waals surface area contributed by atoms with Crippen LogP contribution in [0.1, 0.15) is 36.7 Å². The maximum atomic E-state index is 12.9. The van der Waals surface area contributed by atoms with Gasteiger partial charge in [0.25, 0.3) is 0 Å². The molecule has 2 amide bonds. The third kappa shape index (κ3) is 3.48. The number of fused-ring (bicyclic) bond motifs is 1. The fourth-order valence-electron chi connectivity index (χ4n) is 3.61. The van der Waals surface area contributed by atoms with Gasteiger partial charge in [-0.3, -0.25) is 4.68 Å². The zero-order chi connectivity index (χ0) is 18.1. The van der Waals surface area contributed by atoms with Crippen LogP contribution in [-0.4, -0.2) is 40.3 Å². The van der Waals surface area contributed by atoms with Crippen molar-refractivity contribution in [2.75, 3.05) is 18.5 Å². The summed E-state index contributed by atoms with van der Waals surface area (Å²) in [6.45, 7) is 7.50. The van der Waals surface area contributed by atoms with Gasteiger partial charge in [-0.2, -0.15) is 5.10 Å². The minimum atomic E-state index is -0.0790. The lowest BCUT2D eigenvalue weighted by molar-refractivity contribution is 0.175. The van der Waals surface area contributed by atoms with Gasteiger partial charge in [0.15, 0.2) is 0 Å². The second-order valence-electron chi connectivity index (χ2n) is 7.00. The van der Waals surface area contributed by atoms with E-state index in [1.807, 2.05) is 44.1 Å². The van der Waals surface area contributed by atoms with E-state index < -0.39 is 0 Å². The Morgan fingerprint density at radius 1 is 1.32 bits per heavy atom. The van der Waals surface area contributed by atoms with Gasteiger partial charge < -0.3 is 15.1 Å². The number of aryl methyl sites for hydroxylation is 2. The van der Waals surface area contributed by atoms with Crippen molar-refractivity contribution >= 4 is 11.7 Å². The number of urea groups is 1. The summed E-state index contributed by atoms with van der Waals surface area (Å²) < 4.78 is 1.78. The molecule has 2 aromatic rings. The average Bonchev–Trinajstić information content (AvgIpc) is 2.84. The Kier molecular flexibility index (Phi) is 4.70. The molecule has 0 radical (unpaired) electrons. The lowest BCUT2D eigenvalue weighted by atomic mass is 10.1. The molecule has 2 atom stereocenters. The SMILES string of the molecule is Cc1nn(C)cc1[C@@H](C)NC(=O)N1Cc2ccccc2N(C)C[C@@H]1C. The molecule has 2 heterocycles. The largest absolute Gasteiger partial charge is 0.372 e. The van der Waals surface area contributed by atoms with Crippen molar-refractivity contribution in [2.24, 2.45) is 7.05 Å². The van der Waals surface area contributed by atoms with Gasteiger partial charge in [-0.15, -0.1) is 0 Å². The van der Waals surface area contributed by atoms with E-state index in [0.717, 1.165) is 17.8 Å². The van der Waals surface area contributed by atoms with Crippen molar-refractivity contribution in [1.29, 1.82) is 0 Å². The molecule has 134 valence electrons. The molecule has 0 bridgehead atoms. The maximum absolute atomic E-state index is 12.9. The van der Waals surface area contributed by atoms with E-state index in [1.54, 1.807) is 4.68 Å². The highest BCUT2D eigenvalue weighted by atomic mass is 16.2. The number of anilines is 1. The number of nitrogens with one attached hydrogen (secondary N) is 1. The van der Waals surface area contributed by atoms with Crippen molar-refractivity contribution in [3.05, 3.63) is 47.3 Å². The predicted molar refractivity (Wildman–Crippen MR) is 99.6 cm³/mol. The van der Waals surface area contributed by atoms with E-state index in [9.17, 15) is 4.79 Å². The molecule has 0 saturated heterocycles. The molecule has 3 rings (SSSR count). The fourth-order valence-corrected chi connectivity index (χ4v) is 3.61. The van der Waals surface area contributed by atoms with Gasteiger partial charge in [0.05, 0.1) is 11.7 Å². The number of amides is 2. The first-order valence-electron chi connectivity index (χ1n) is 8.73. The van der Waals surface area contributed by atoms with Crippen molar-refractivity contribution in [3.8, 4) is 0 Å². The molecule has 25 heavy (non-hydrogen) atoms. The molecule has 1 aliphatic rings. The monoisotopic (exact) mass is 341 g/mol. The number of aromatic nitrogens is 2. The second kappa shape index (κ2) is 6.78. The van der Waals surface area contributed by atoms with Gasteiger partial charge in [-0.05, 0) is 32.4 Å². The highest BCUT2D eigenvalue weighted by Crippen LogP contribution is 2.26. The van der Waals surface area contributed by atoms with Crippen LogP contribution in [0.5, 0.6) is 0 Å². The number of likely N-dealkylation sites (N-methyl/N-ethyl adjacent to an activating group) is 1. The molecule has 0 saturated carbocycles. The molecule has 6 heteroatoms. The Morgan fingerprint density at radius 2 is 2.04 bits per heavy atom. The van der Waals surface area contributed by atoms with Crippen molar-refractivity contribution in [2.45, 2.75) is 39.4 Å². The molecule has 0 spiro atoms. The van der Waals surface area contributed by atoms with Crippen LogP contribution >= 0.6 is 0 Å². The van der Waals surface area contributed by atoms with Crippen LogP contribution in [0, 0.1) is 6.92 Å². The van der Waals surface area contributed by atoms with Gasteiger partial charge in [0.1, 0.15) is 0 Å². The van der Waals surface area contributed by atoms with Crippen molar-refractivity contribution < 1.29 is 4.79 Å². The normalized spacial score (nSPS) is 18.5. The predicted octanol–water partition coefficient (Wildman–Crippen LogP) is 2.84. The van der Waals surface area contributed by atoms with Crippen LogP contribution in [-0.2, 0) is 13.6 Å². The second-order valence-corrected chi connectivity index (χ2v) is 7.00. The Hall–Kier alpha value is -2.50. The Bertz CT molecular complexity index is 769. The Morgan fingerprint density at radius 3 is 2.72 bits per heavy atom. The zero-order valence-electron chi connectivity index (χ0n) is 15.7. The molecular weight excluding hydrogens is 314 g/mol. The molecule has 0 unspecified atom stereocenters. The van der Waals surface area contributed by atoms with Crippen molar-refractivity contribution in [1.82, 2.24) is 20.0 Å². The summed E-state index contributed by atoms with van der Waals surface area (Å²) in [4.78, 5) is 17.1. The average molecular weight is 341 g/mol. The summed E-state index contributed by atoms with van der Waals surface area (Å²) in [5.74, 6) is 0. The standard InChI is InChI=1S/C19H27N5O/c1-13-10-22(4)18-9-7-6-8-16(18)11-24(13)19(25)20-14(2)17-12-23(5)21-15(17)3/h6-9,12-14H,10-11H2,1-5H3,(H,20,25)/t13-,14+/m0/s1. The molecule has 1 aromatic carbocycles. The summed E-state index contributed by atoms with van der Waals surface area (Å²) in [6, 6.07) is 8.30. The maximum Gasteiger partial charge on any atom is 0.318 e. The number of rotatable bonds is 2. The van der Waals surface area contributed by atoms with E-state index in [1.165, 1.54) is 11.3 Å². The molecule has 1 N–H and O–H groups in total. The molecular formula is C19H27N5O. The highest BCUT2D eigenvalue weighted by molar-refractivity contribution is 5.76.